The van der Waals surface area contributed by atoms with E-state index in [-0.39, 0.29) is 12.4 Å². The fourth-order valence-corrected chi connectivity index (χ4v) is 1.70. The van der Waals surface area contributed by atoms with Gasteiger partial charge in [0.2, 0.25) is 0 Å². The van der Waals surface area contributed by atoms with E-state index in [1.54, 1.807) is 13.0 Å². The number of phenols is 1. The van der Waals surface area contributed by atoms with E-state index in [1.165, 1.54) is 18.3 Å². The van der Waals surface area contributed by atoms with Crippen molar-refractivity contribution < 1.29 is 19.7 Å². The molecule has 0 saturated heterocycles. The second-order valence-corrected chi connectivity index (χ2v) is 3.63. The lowest BCUT2D eigenvalue weighted by molar-refractivity contribution is -0.153. The number of carbonyl (C=O) groups excluding carboxylic acids is 1. The molecule has 0 radical (unpaired) electrons. The normalized spacial score (nSPS) is 12.6. The second kappa shape index (κ2) is 4.47. The molecule has 17 heavy (non-hydrogen) atoms. The maximum atomic E-state index is 11.4. The number of hydrogen-bond acceptors (Lipinski definition) is 4. The maximum absolute atomic E-state index is 11.4. The molecule has 0 aliphatic heterocycles. The zero-order valence-corrected chi connectivity index (χ0v) is 9.30. The van der Waals surface area contributed by atoms with Gasteiger partial charge in [-0.25, -0.2) is 4.79 Å². The van der Waals surface area contributed by atoms with E-state index in [1.807, 2.05) is 0 Å². The van der Waals surface area contributed by atoms with E-state index in [0.717, 1.165) is 5.52 Å². The van der Waals surface area contributed by atoms with Gasteiger partial charge >= 0.3 is 5.97 Å². The van der Waals surface area contributed by atoms with Crippen LogP contribution in [0.4, 0.5) is 0 Å². The molecule has 0 bridgehead atoms. The molecule has 0 fully saturated rings. The lowest BCUT2D eigenvalue weighted by atomic mass is 10.1. The lowest BCUT2D eigenvalue weighted by Gasteiger charge is -2.08. The molecule has 2 rings (SSSR count). The lowest BCUT2D eigenvalue weighted by Crippen LogP contribution is -2.14. The Kier molecular flexibility index (Phi) is 3.01. The van der Waals surface area contributed by atoms with Crippen molar-refractivity contribution >= 4 is 16.9 Å². The number of aromatic hydroxyl groups is 1. The summed E-state index contributed by atoms with van der Waals surface area (Å²) in [5.74, 6) is -0.619. The Labute approximate surface area is 97.6 Å². The van der Waals surface area contributed by atoms with E-state index < -0.39 is 12.1 Å². The summed E-state index contributed by atoms with van der Waals surface area (Å²) in [6.07, 6.45) is 0.191. The highest BCUT2D eigenvalue weighted by Gasteiger charge is 2.21. The van der Waals surface area contributed by atoms with Crippen molar-refractivity contribution in [2.75, 3.05) is 6.61 Å². The van der Waals surface area contributed by atoms with E-state index in [2.05, 4.69) is 4.98 Å². The first-order chi connectivity index (χ1) is 8.13. The zero-order valence-electron chi connectivity index (χ0n) is 9.30. The Hall–Kier alpha value is -2.01. The summed E-state index contributed by atoms with van der Waals surface area (Å²) in [4.78, 5) is 14.3. The molecule has 0 aliphatic rings. The summed E-state index contributed by atoms with van der Waals surface area (Å²) in [7, 11) is 0. The second-order valence-electron chi connectivity index (χ2n) is 3.63. The Morgan fingerprint density at radius 3 is 3.00 bits per heavy atom. The Bertz CT molecular complexity index is 546. The molecule has 5 nitrogen and oxygen atoms in total. The highest BCUT2D eigenvalue weighted by Crippen LogP contribution is 2.27. The minimum atomic E-state index is -1.34. The van der Waals surface area contributed by atoms with Crippen molar-refractivity contribution in [3.63, 3.8) is 0 Å². The van der Waals surface area contributed by atoms with Crippen molar-refractivity contribution in [2.45, 2.75) is 13.0 Å². The molecule has 1 unspecified atom stereocenters. The van der Waals surface area contributed by atoms with Crippen molar-refractivity contribution in [3.05, 3.63) is 30.0 Å². The molecule has 3 N–H and O–H groups in total. The van der Waals surface area contributed by atoms with Crippen LogP contribution in [0.25, 0.3) is 10.9 Å². The van der Waals surface area contributed by atoms with Crippen molar-refractivity contribution in [3.8, 4) is 5.75 Å². The van der Waals surface area contributed by atoms with Crippen LogP contribution in [-0.4, -0.2) is 27.8 Å². The first-order valence-corrected chi connectivity index (χ1v) is 5.28. The molecular formula is C12H13NO4. The number of carbonyl (C=O) groups is 1. The van der Waals surface area contributed by atoms with Gasteiger partial charge in [-0.05, 0) is 25.1 Å². The Morgan fingerprint density at radius 2 is 2.29 bits per heavy atom. The van der Waals surface area contributed by atoms with Crippen LogP contribution in [0.3, 0.4) is 0 Å². The highest BCUT2D eigenvalue weighted by atomic mass is 16.5. The van der Waals surface area contributed by atoms with E-state index in [4.69, 9.17) is 4.74 Å². The van der Waals surface area contributed by atoms with Gasteiger partial charge in [0.15, 0.2) is 6.10 Å². The van der Waals surface area contributed by atoms with Crippen molar-refractivity contribution in [1.29, 1.82) is 0 Å². The number of phenolic OH excluding ortho intramolecular Hbond substituents is 1. The molecule has 0 saturated carbocycles. The zero-order chi connectivity index (χ0) is 12.4. The number of rotatable bonds is 3. The maximum Gasteiger partial charge on any atom is 0.339 e. The van der Waals surface area contributed by atoms with E-state index in [0.29, 0.717) is 10.9 Å². The number of benzene rings is 1. The smallest absolute Gasteiger partial charge is 0.339 e. The summed E-state index contributed by atoms with van der Waals surface area (Å²) < 4.78 is 4.74. The molecule has 0 spiro atoms. The summed E-state index contributed by atoms with van der Waals surface area (Å²) in [5, 5.41) is 19.8. The number of aromatic amines is 1. The minimum absolute atomic E-state index is 0.0782. The summed E-state index contributed by atoms with van der Waals surface area (Å²) >= 11 is 0. The molecule has 1 atom stereocenters. The summed E-state index contributed by atoms with van der Waals surface area (Å²) in [6.45, 7) is 1.88. The van der Waals surface area contributed by atoms with E-state index in [9.17, 15) is 15.0 Å². The van der Waals surface area contributed by atoms with Gasteiger partial charge in [-0.15, -0.1) is 0 Å². The Balaban J connectivity index is 2.41. The van der Waals surface area contributed by atoms with Gasteiger partial charge in [-0.3, -0.25) is 0 Å². The third kappa shape index (κ3) is 2.09. The monoisotopic (exact) mass is 235 g/mol. The predicted molar refractivity (Wildman–Crippen MR) is 61.6 cm³/mol. The van der Waals surface area contributed by atoms with Gasteiger partial charge in [0.25, 0.3) is 0 Å². The minimum Gasteiger partial charge on any atom is -0.508 e. The van der Waals surface area contributed by atoms with Gasteiger partial charge in [0.1, 0.15) is 5.75 Å². The third-order valence-corrected chi connectivity index (χ3v) is 2.50. The molecule has 1 aromatic carbocycles. The summed E-state index contributed by atoms with van der Waals surface area (Å²) in [6, 6.07) is 4.69. The van der Waals surface area contributed by atoms with Crippen LogP contribution in [0.5, 0.6) is 5.75 Å². The average Bonchev–Trinajstić information content (AvgIpc) is 2.71. The molecule has 5 heteroatoms. The standard InChI is InChI=1S/C12H13NO4/c1-2-17-12(16)11(15)9-6-13-10-4-3-7(14)5-8(9)10/h3-6,11,13-15H,2H2,1H3. The van der Waals surface area contributed by atoms with Gasteiger partial charge in [0, 0.05) is 22.7 Å². The predicted octanol–water partition coefficient (Wildman–Crippen LogP) is 1.47. The summed E-state index contributed by atoms with van der Waals surface area (Å²) in [5.41, 5.74) is 1.13. The highest BCUT2D eigenvalue weighted by molar-refractivity contribution is 5.89. The van der Waals surface area contributed by atoms with Gasteiger partial charge in [-0.2, -0.15) is 0 Å². The first-order valence-electron chi connectivity index (χ1n) is 5.28. The van der Waals surface area contributed by atoms with Gasteiger partial charge < -0.3 is 19.9 Å². The number of aliphatic hydroxyl groups is 1. The van der Waals surface area contributed by atoms with Gasteiger partial charge in [-0.1, -0.05) is 0 Å². The van der Waals surface area contributed by atoms with Crippen LogP contribution in [0, 0.1) is 0 Å². The number of ether oxygens (including phenoxy) is 1. The number of esters is 1. The van der Waals surface area contributed by atoms with Crippen LogP contribution >= 0.6 is 0 Å². The van der Waals surface area contributed by atoms with Crippen LogP contribution in [0.15, 0.2) is 24.4 Å². The number of fused-ring (bicyclic) bond motifs is 1. The van der Waals surface area contributed by atoms with Crippen molar-refractivity contribution in [2.24, 2.45) is 0 Å². The molecule has 0 amide bonds. The number of H-pyrrole nitrogens is 1. The number of nitrogens with one attached hydrogen (secondary N) is 1. The van der Waals surface area contributed by atoms with Crippen LogP contribution in [0.2, 0.25) is 0 Å². The average molecular weight is 235 g/mol. The molecule has 0 aliphatic carbocycles. The van der Waals surface area contributed by atoms with Crippen molar-refractivity contribution in [1.82, 2.24) is 4.98 Å². The largest absolute Gasteiger partial charge is 0.508 e. The molecule has 1 aromatic heterocycles. The van der Waals surface area contributed by atoms with Crippen LogP contribution < -0.4 is 0 Å². The Morgan fingerprint density at radius 1 is 1.53 bits per heavy atom. The SMILES string of the molecule is CCOC(=O)C(O)c1c[nH]c2ccc(O)cc12. The number of aliphatic hydroxyl groups excluding tert-OH is 1. The molecular weight excluding hydrogens is 222 g/mol. The fourth-order valence-electron chi connectivity index (χ4n) is 1.70. The van der Waals surface area contributed by atoms with Gasteiger partial charge in [0.05, 0.1) is 6.61 Å². The number of aromatic nitrogens is 1. The topological polar surface area (TPSA) is 82.5 Å². The quantitative estimate of drug-likeness (QED) is 0.703. The molecule has 2 aromatic rings. The van der Waals surface area contributed by atoms with Crippen LogP contribution in [-0.2, 0) is 9.53 Å². The van der Waals surface area contributed by atoms with Crippen LogP contribution in [0.1, 0.15) is 18.6 Å². The molecule has 1 heterocycles. The first kappa shape index (κ1) is 11.5. The molecule has 90 valence electrons. The fraction of sp³-hybridized carbons (Fsp3) is 0.250. The van der Waals surface area contributed by atoms with E-state index >= 15 is 0 Å². The number of hydrogen-bond donors (Lipinski definition) is 3. The third-order valence-electron chi connectivity index (χ3n) is 2.50.